The van der Waals surface area contributed by atoms with Gasteiger partial charge in [-0.25, -0.2) is 4.68 Å². The van der Waals surface area contributed by atoms with Gasteiger partial charge in [0.2, 0.25) is 0 Å². The molecule has 0 unspecified atom stereocenters. The van der Waals surface area contributed by atoms with Gasteiger partial charge in [-0.2, -0.15) is 18.2 Å². The third-order valence-corrected chi connectivity index (χ3v) is 6.46. The van der Waals surface area contributed by atoms with Crippen molar-refractivity contribution in [1.29, 1.82) is 0 Å². The molecule has 0 spiro atoms. The second-order valence-corrected chi connectivity index (χ2v) is 9.56. The van der Waals surface area contributed by atoms with Crippen LogP contribution in [0.1, 0.15) is 54.1 Å². The predicted molar refractivity (Wildman–Crippen MR) is 151 cm³/mol. The number of unbranched alkanes of at least 4 members (excludes halogenated alkanes) is 3. The van der Waals surface area contributed by atoms with Gasteiger partial charge in [-0.1, -0.05) is 50.5 Å². The molecule has 1 N–H and O–H groups in total. The SMILES string of the molecule is CCCCCCc1ccc(C(=O)Nc2ccc(-n3nc(OCCOC)nc3-c3cccc(C(F)(F)F)c3)cc2)cc1. The first-order valence-corrected chi connectivity index (χ1v) is 13.6. The number of carbonyl (C=O) groups excluding carboxylic acids is 1. The number of carbonyl (C=O) groups is 1. The molecule has 4 aromatic rings. The molecule has 7 nitrogen and oxygen atoms in total. The van der Waals surface area contributed by atoms with Gasteiger partial charge < -0.3 is 14.8 Å². The Morgan fingerprint density at radius 3 is 2.39 bits per heavy atom. The number of benzene rings is 3. The zero-order chi connectivity index (χ0) is 29.2. The molecule has 1 aromatic heterocycles. The first kappa shape index (κ1) is 29.8. The summed E-state index contributed by atoms with van der Waals surface area (Å²) in [6.45, 7) is 2.65. The van der Waals surface area contributed by atoms with Gasteiger partial charge in [-0.15, -0.1) is 5.10 Å². The minimum absolute atomic E-state index is 0.000603. The quantitative estimate of drug-likeness (QED) is 0.171. The van der Waals surface area contributed by atoms with Crippen LogP contribution in [0.2, 0.25) is 0 Å². The summed E-state index contributed by atoms with van der Waals surface area (Å²) in [7, 11) is 1.52. The summed E-state index contributed by atoms with van der Waals surface area (Å²) in [4.78, 5) is 17.1. The largest absolute Gasteiger partial charge is 0.460 e. The highest BCUT2D eigenvalue weighted by Gasteiger charge is 2.31. The predicted octanol–water partition coefficient (Wildman–Crippen LogP) is 7.35. The molecule has 4 rings (SSSR count). The zero-order valence-corrected chi connectivity index (χ0v) is 23.1. The number of alkyl halides is 3. The Labute approximate surface area is 237 Å². The summed E-state index contributed by atoms with van der Waals surface area (Å²) >= 11 is 0. The minimum Gasteiger partial charge on any atom is -0.460 e. The molecule has 1 heterocycles. The Hall–Kier alpha value is -4.18. The number of hydrogen-bond donors (Lipinski definition) is 1. The Kier molecular flexibility index (Phi) is 10.1. The van der Waals surface area contributed by atoms with E-state index in [1.165, 1.54) is 48.8 Å². The Morgan fingerprint density at radius 2 is 1.71 bits per heavy atom. The van der Waals surface area contributed by atoms with Gasteiger partial charge in [0.25, 0.3) is 5.91 Å². The van der Waals surface area contributed by atoms with E-state index in [9.17, 15) is 18.0 Å². The van der Waals surface area contributed by atoms with Crippen molar-refractivity contribution in [2.45, 2.75) is 45.2 Å². The zero-order valence-electron chi connectivity index (χ0n) is 23.1. The summed E-state index contributed by atoms with van der Waals surface area (Å²) in [5.41, 5.74) is 2.26. The molecular formula is C31H33F3N4O3. The van der Waals surface area contributed by atoms with E-state index in [2.05, 4.69) is 22.3 Å². The standard InChI is InChI=1S/C31H33F3N4O3/c1-3-4-5-6-8-22-11-13-23(14-12-22)29(39)35-26-15-17-27(18-16-26)38-28(36-30(37-38)41-20-19-40-2)24-9-7-10-25(21-24)31(32,33)34/h7,9-18,21H,3-6,8,19-20H2,1-2H3,(H,35,39). The van der Waals surface area contributed by atoms with Gasteiger partial charge in [0.05, 0.1) is 17.9 Å². The Balaban J connectivity index is 1.51. The molecule has 10 heteroatoms. The monoisotopic (exact) mass is 566 g/mol. The maximum absolute atomic E-state index is 13.4. The van der Waals surface area contributed by atoms with Crippen molar-refractivity contribution < 1.29 is 27.4 Å². The van der Waals surface area contributed by atoms with E-state index in [-0.39, 0.29) is 29.9 Å². The number of amides is 1. The minimum atomic E-state index is -4.51. The van der Waals surface area contributed by atoms with Crippen LogP contribution in [0.15, 0.2) is 72.8 Å². The van der Waals surface area contributed by atoms with Crippen LogP contribution in [0, 0.1) is 0 Å². The first-order valence-electron chi connectivity index (χ1n) is 13.6. The highest BCUT2D eigenvalue weighted by Crippen LogP contribution is 2.33. The number of methoxy groups -OCH3 is 1. The van der Waals surface area contributed by atoms with Crippen LogP contribution in [0.3, 0.4) is 0 Å². The van der Waals surface area contributed by atoms with Crippen molar-refractivity contribution in [2.75, 3.05) is 25.6 Å². The van der Waals surface area contributed by atoms with Crippen molar-refractivity contribution in [3.8, 4) is 23.1 Å². The number of rotatable bonds is 13. The van der Waals surface area contributed by atoms with E-state index in [4.69, 9.17) is 9.47 Å². The molecule has 0 saturated carbocycles. The number of aromatic nitrogens is 3. The number of nitrogens with one attached hydrogen (secondary N) is 1. The lowest BCUT2D eigenvalue weighted by atomic mass is 10.0. The Morgan fingerprint density at radius 1 is 0.951 bits per heavy atom. The van der Waals surface area contributed by atoms with Crippen molar-refractivity contribution >= 4 is 11.6 Å². The average Bonchev–Trinajstić information content (AvgIpc) is 3.40. The van der Waals surface area contributed by atoms with Gasteiger partial charge in [-0.3, -0.25) is 4.79 Å². The van der Waals surface area contributed by atoms with Crippen molar-refractivity contribution in [3.63, 3.8) is 0 Å². The van der Waals surface area contributed by atoms with Gasteiger partial charge in [0.15, 0.2) is 5.82 Å². The molecule has 0 fully saturated rings. The Bertz CT molecular complexity index is 1420. The summed E-state index contributed by atoms with van der Waals surface area (Å²) in [5.74, 6) is -0.0652. The van der Waals surface area contributed by atoms with E-state index in [0.717, 1.165) is 25.0 Å². The van der Waals surface area contributed by atoms with E-state index in [1.54, 1.807) is 24.3 Å². The van der Waals surface area contributed by atoms with E-state index in [1.807, 2.05) is 24.3 Å². The van der Waals surface area contributed by atoms with Gasteiger partial charge >= 0.3 is 12.2 Å². The van der Waals surface area contributed by atoms with Gasteiger partial charge in [-0.05, 0) is 66.9 Å². The molecule has 0 radical (unpaired) electrons. The van der Waals surface area contributed by atoms with Crippen molar-refractivity contribution in [1.82, 2.24) is 14.8 Å². The highest BCUT2D eigenvalue weighted by atomic mass is 19.4. The lowest BCUT2D eigenvalue weighted by Gasteiger charge is -2.10. The van der Waals surface area contributed by atoms with Gasteiger partial charge in [0.1, 0.15) is 6.61 Å². The maximum Gasteiger partial charge on any atom is 0.416 e. The third-order valence-electron chi connectivity index (χ3n) is 6.46. The lowest BCUT2D eigenvalue weighted by Crippen LogP contribution is -2.12. The lowest BCUT2D eigenvalue weighted by molar-refractivity contribution is -0.137. The van der Waals surface area contributed by atoms with Crippen LogP contribution >= 0.6 is 0 Å². The smallest absolute Gasteiger partial charge is 0.416 e. The molecule has 216 valence electrons. The highest BCUT2D eigenvalue weighted by molar-refractivity contribution is 6.04. The molecule has 0 aliphatic rings. The number of halogens is 3. The van der Waals surface area contributed by atoms with E-state index < -0.39 is 11.7 Å². The summed E-state index contributed by atoms with van der Waals surface area (Å²) in [5, 5.41) is 7.24. The molecule has 0 atom stereocenters. The van der Waals surface area contributed by atoms with Crippen LogP contribution in [0.25, 0.3) is 17.1 Å². The summed E-state index contributed by atoms with van der Waals surface area (Å²) in [6, 6.07) is 19.2. The number of anilines is 1. The van der Waals surface area contributed by atoms with Crippen LogP contribution in [0.4, 0.5) is 18.9 Å². The molecule has 3 aromatic carbocycles. The number of nitrogens with zero attached hydrogens (tertiary/aromatic N) is 3. The molecule has 1 amide bonds. The second kappa shape index (κ2) is 13.9. The van der Waals surface area contributed by atoms with Crippen molar-refractivity contribution in [3.05, 3.63) is 89.5 Å². The van der Waals surface area contributed by atoms with Crippen molar-refractivity contribution in [2.24, 2.45) is 0 Å². The van der Waals surface area contributed by atoms with E-state index >= 15 is 0 Å². The van der Waals surface area contributed by atoms with Crippen LogP contribution in [-0.4, -0.2) is 41.0 Å². The number of ether oxygens (including phenoxy) is 2. The number of aryl methyl sites for hydroxylation is 1. The molecule has 0 aliphatic heterocycles. The molecule has 0 bridgehead atoms. The van der Waals surface area contributed by atoms with E-state index in [0.29, 0.717) is 23.5 Å². The third kappa shape index (κ3) is 8.17. The molecule has 0 aliphatic carbocycles. The van der Waals surface area contributed by atoms with Crippen LogP contribution in [0.5, 0.6) is 6.01 Å². The van der Waals surface area contributed by atoms with Crippen LogP contribution in [-0.2, 0) is 17.3 Å². The van der Waals surface area contributed by atoms with Crippen LogP contribution < -0.4 is 10.1 Å². The normalized spacial score (nSPS) is 11.4. The average molecular weight is 567 g/mol. The molecular weight excluding hydrogens is 533 g/mol. The fourth-order valence-corrected chi connectivity index (χ4v) is 4.24. The molecule has 41 heavy (non-hydrogen) atoms. The summed E-state index contributed by atoms with van der Waals surface area (Å²) < 4.78 is 52.0. The summed E-state index contributed by atoms with van der Waals surface area (Å²) in [6.07, 6.45) is 1.24. The van der Waals surface area contributed by atoms with Gasteiger partial charge in [0, 0.05) is 23.9 Å². The molecule has 0 saturated heterocycles. The maximum atomic E-state index is 13.4. The topological polar surface area (TPSA) is 78.3 Å². The fraction of sp³-hybridized carbons (Fsp3) is 0.323. The first-order chi connectivity index (χ1) is 19.8. The number of hydrogen-bond acceptors (Lipinski definition) is 5. The second-order valence-electron chi connectivity index (χ2n) is 9.56. The fourth-order valence-electron chi connectivity index (χ4n) is 4.24.